The Bertz CT molecular complexity index is 596. The van der Waals surface area contributed by atoms with Crippen LogP contribution in [-0.2, 0) is 6.61 Å². The summed E-state index contributed by atoms with van der Waals surface area (Å²) >= 11 is 5.89. The van der Waals surface area contributed by atoms with Crippen LogP contribution in [0.3, 0.4) is 0 Å². The lowest BCUT2D eigenvalue weighted by Gasteiger charge is -2.09. The molecular formula is C15H14ClNO2. The van der Waals surface area contributed by atoms with E-state index < -0.39 is 0 Å². The zero-order valence-corrected chi connectivity index (χ0v) is 11.3. The molecule has 3 nitrogen and oxygen atoms in total. The van der Waals surface area contributed by atoms with Gasteiger partial charge < -0.3 is 9.84 Å². The maximum atomic E-state index is 9.13. The molecule has 1 aromatic heterocycles. The Morgan fingerprint density at radius 2 is 2.05 bits per heavy atom. The zero-order chi connectivity index (χ0) is 13.7. The van der Waals surface area contributed by atoms with Crippen LogP contribution in [0, 0.1) is 0 Å². The first kappa shape index (κ1) is 13.6. The van der Waals surface area contributed by atoms with E-state index in [1.807, 2.05) is 43.3 Å². The first-order valence-electron chi connectivity index (χ1n) is 5.90. The Morgan fingerprint density at radius 1 is 1.26 bits per heavy atom. The number of aromatic nitrogens is 1. The van der Waals surface area contributed by atoms with Gasteiger partial charge in [-0.2, -0.15) is 0 Å². The first-order valence-corrected chi connectivity index (χ1v) is 6.28. The van der Waals surface area contributed by atoms with E-state index in [-0.39, 0.29) is 6.61 Å². The second-order valence-electron chi connectivity index (χ2n) is 3.88. The number of ether oxygens (including phenoxy) is 1. The van der Waals surface area contributed by atoms with Crippen molar-refractivity contribution in [3.63, 3.8) is 0 Å². The molecule has 0 fully saturated rings. The van der Waals surface area contributed by atoms with Gasteiger partial charge >= 0.3 is 0 Å². The second-order valence-corrected chi connectivity index (χ2v) is 4.28. The van der Waals surface area contributed by atoms with E-state index >= 15 is 0 Å². The average molecular weight is 276 g/mol. The van der Waals surface area contributed by atoms with Gasteiger partial charge in [0.05, 0.1) is 17.3 Å². The molecule has 0 radical (unpaired) electrons. The summed E-state index contributed by atoms with van der Waals surface area (Å²) in [5, 5.41) is 9.56. The van der Waals surface area contributed by atoms with Crippen molar-refractivity contribution in [3.05, 3.63) is 58.8 Å². The van der Waals surface area contributed by atoms with Crippen molar-refractivity contribution >= 4 is 17.7 Å². The van der Waals surface area contributed by atoms with Crippen molar-refractivity contribution in [1.29, 1.82) is 0 Å². The molecule has 0 atom stereocenters. The molecule has 19 heavy (non-hydrogen) atoms. The molecule has 2 rings (SSSR count). The third kappa shape index (κ3) is 3.34. The van der Waals surface area contributed by atoms with Gasteiger partial charge in [-0.05, 0) is 19.1 Å². The van der Waals surface area contributed by atoms with Crippen LogP contribution in [0.15, 0.2) is 42.5 Å². The summed E-state index contributed by atoms with van der Waals surface area (Å²) in [5.41, 5.74) is 1.37. The monoisotopic (exact) mass is 275 g/mol. The van der Waals surface area contributed by atoms with E-state index in [1.165, 1.54) is 0 Å². The highest BCUT2D eigenvalue weighted by Gasteiger charge is 2.06. The minimum atomic E-state index is -0.216. The van der Waals surface area contributed by atoms with Crippen molar-refractivity contribution in [2.45, 2.75) is 13.5 Å². The predicted molar refractivity (Wildman–Crippen MR) is 76.4 cm³/mol. The fourth-order valence-corrected chi connectivity index (χ4v) is 1.80. The summed E-state index contributed by atoms with van der Waals surface area (Å²) in [6, 6.07) is 11.0. The van der Waals surface area contributed by atoms with Crippen LogP contribution in [0.25, 0.3) is 6.08 Å². The minimum Gasteiger partial charge on any atom is -0.438 e. The molecule has 98 valence electrons. The van der Waals surface area contributed by atoms with E-state index in [4.69, 9.17) is 21.4 Å². The molecule has 0 bridgehead atoms. The molecule has 0 saturated heterocycles. The fourth-order valence-electron chi connectivity index (χ4n) is 1.64. The molecule has 1 N–H and O–H groups in total. The number of hydrogen-bond acceptors (Lipinski definition) is 3. The van der Waals surface area contributed by atoms with Crippen molar-refractivity contribution in [3.8, 4) is 11.6 Å². The van der Waals surface area contributed by atoms with E-state index in [9.17, 15) is 0 Å². The average Bonchev–Trinajstić information content (AvgIpc) is 2.43. The van der Waals surface area contributed by atoms with Crippen LogP contribution < -0.4 is 4.74 Å². The topological polar surface area (TPSA) is 42.4 Å². The lowest BCUT2D eigenvalue weighted by molar-refractivity contribution is 0.275. The summed E-state index contributed by atoms with van der Waals surface area (Å²) in [5.74, 6) is 1.12. The molecule has 1 heterocycles. The Labute approximate surface area is 117 Å². The van der Waals surface area contributed by atoms with Crippen LogP contribution in [0.1, 0.15) is 18.2 Å². The summed E-state index contributed by atoms with van der Waals surface area (Å²) in [6.45, 7) is 1.73. The van der Waals surface area contributed by atoms with E-state index in [0.717, 1.165) is 5.56 Å². The molecule has 0 amide bonds. The van der Waals surface area contributed by atoms with E-state index in [0.29, 0.717) is 22.3 Å². The summed E-state index contributed by atoms with van der Waals surface area (Å²) in [4.78, 5) is 4.16. The lowest BCUT2D eigenvalue weighted by atomic mass is 10.2. The fraction of sp³-hybridized carbons (Fsp3) is 0.133. The van der Waals surface area contributed by atoms with Crippen molar-refractivity contribution in [1.82, 2.24) is 4.98 Å². The number of nitrogens with zero attached hydrogens (tertiary/aromatic N) is 1. The smallest absolute Gasteiger partial charge is 0.219 e. The third-order valence-electron chi connectivity index (χ3n) is 2.52. The van der Waals surface area contributed by atoms with Crippen molar-refractivity contribution in [2.75, 3.05) is 0 Å². The van der Waals surface area contributed by atoms with Crippen LogP contribution in [-0.4, -0.2) is 10.1 Å². The molecule has 0 aliphatic carbocycles. The van der Waals surface area contributed by atoms with Crippen molar-refractivity contribution < 1.29 is 9.84 Å². The van der Waals surface area contributed by atoms with Crippen LogP contribution in [0.4, 0.5) is 0 Å². The lowest BCUT2D eigenvalue weighted by Crippen LogP contribution is -1.95. The highest BCUT2D eigenvalue weighted by Crippen LogP contribution is 2.26. The van der Waals surface area contributed by atoms with Gasteiger partial charge in [0.15, 0.2) is 0 Å². The molecular weight excluding hydrogens is 262 g/mol. The summed E-state index contributed by atoms with van der Waals surface area (Å²) < 4.78 is 5.73. The Balaban J connectivity index is 2.31. The van der Waals surface area contributed by atoms with Gasteiger partial charge in [-0.1, -0.05) is 42.0 Å². The molecule has 1 aromatic carbocycles. The van der Waals surface area contributed by atoms with Crippen LogP contribution in [0.2, 0.25) is 5.02 Å². The quantitative estimate of drug-likeness (QED) is 0.915. The highest BCUT2D eigenvalue weighted by molar-refractivity contribution is 6.31. The molecule has 0 aliphatic heterocycles. The number of pyridine rings is 1. The van der Waals surface area contributed by atoms with Gasteiger partial charge in [-0.3, -0.25) is 0 Å². The SMILES string of the molecule is C/C=C/c1ccccc1Oc1ccc(Cl)c(CO)n1. The van der Waals surface area contributed by atoms with Crippen LogP contribution in [0.5, 0.6) is 11.6 Å². The summed E-state index contributed by atoms with van der Waals surface area (Å²) in [7, 11) is 0. The number of benzene rings is 1. The first-order chi connectivity index (χ1) is 9.24. The maximum absolute atomic E-state index is 9.13. The van der Waals surface area contributed by atoms with Gasteiger partial charge in [0.2, 0.25) is 5.88 Å². The third-order valence-corrected chi connectivity index (χ3v) is 2.87. The molecule has 0 aliphatic rings. The zero-order valence-electron chi connectivity index (χ0n) is 10.5. The Morgan fingerprint density at radius 3 is 2.79 bits per heavy atom. The minimum absolute atomic E-state index is 0.216. The highest BCUT2D eigenvalue weighted by atomic mass is 35.5. The number of aliphatic hydroxyl groups excluding tert-OH is 1. The number of halogens is 1. The van der Waals surface area contributed by atoms with E-state index in [2.05, 4.69) is 4.98 Å². The van der Waals surface area contributed by atoms with Crippen LogP contribution >= 0.6 is 11.6 Å². The van der Waals surface area contributed by atoms with Gasteiger partial charge in [0.1, 0.15) is 5.75 Å². The molecule has 0 saturated carbocycles. The molecule has 4 heteroatoms. The van der Waals surface area contributed by atoms with Gasteiger partial charge in [0.25, 0.3) is 0 Å². The largest absolute Gasteiger partial charge is 0.438 e. The standard InChI is InChI=1S/C15H14ClNO2/c1-2-5-11-6-3-4-7-14(11)19-15-9-8-12(16)13(10-18)17-15/h2-9,18H,10H2,1H3/b5-2+. The molecule has 0 spiro atoms. The van der Waals surface area contributed by atoms with Gasteiger partial charge in [0, 0.05) is 11.6 Å². The van der Waals surface area contributed by atoms with E-state index in [1.54, 1.807) is 12.1 Å². The number of para-hydroxylation sites is 1. The number of rotatable bonds is 4. The number of hydrogen-bond donors (Lipinski definition) is 1. The molecule has 2 aromatic rings. The number of allylic oxidation sites excluding steroid dienone is 1. The van der Waals surface area contributed by atoms with Gasteiger partial charge in [-0.25, -0.2) is 4.98 Å². The summed E-state index contributed by atoms with van der Waals surface area (Å²) in [6.07, 6.45) is 3.90. The van der Waals surface area contributed by atoms with Crippen molar-refractivity contribution in [2.24, 2.45) is 0 Å². The second kappa shape index (κ2) is 6.36. The predicted octanol–water partition coefficient (Wildman–Crippen LogP) is 4.05. The molecule has 0 unspecified atom stereocenters. The normalized spacial score (nSPS) is 10.9. The number of aliphatic hydroxyl groups is 1. The Hall–Kier alpha value is -1.84. The maximum Gasteiger partial charge on any atom is 0.219 e. The van der Waals surface area contributed by atoms with Gasteiger partial charge in [-0.15, -0.1) is 0 Å². The Kier molecular flexibility index (Phi) is 4.55.